The van der Waals surface area contributed by atoms with E-state index in [1.165, 1.54) is 243 Å². The molecule has 2 aromatic rings. The van der Waals surface area contributed by atoms with Crippen molar-refractivity contribution in [3.8, 4) is 0 Å². The summed E-state index contributed by atoms with van der Waals surface area (Å²) in [6.45, 7) is 4.56. The van der Waals surface area contributed by atoms with Gasteiger partial charge in [-0.05, 0) is 62.1 Å². The van der Waals surface area contributed by atoms with Crippen molar-refractivity contribution in [1.82, 2.24) is 0 Å². The van der Waals surface area contributed by atoms with Gasteiger partial charge < -0.3 is 30.4 Å². The Labute approximate surface area is 440 Å². The Morgan fingerprint density at radius 2 is 0.552 bits per heavy atom. The van der Waals surface area contributed by atoms with E-state index in [2.05, 4.69) is 35.1 Å². The fourth-order valence-electron chi connectivity index (χ4n) is 9.46. The molecule has 0 aromatic heterocycles. The third kappa shape index (κ3) is 29.6. The number of nitrogens with one attached hydrogen (secondary N) is 4. The Morgan fingerprint density at radius 3 is 0.776 bits per heavy atom. The molecular formula is C54H94CaN4O6S2. The largest absolute Gasteiger partial charge is 2.00 e. The second-order valence-electron chi connectivity index (χ2n) is 19.6. The molecule has 13 heteroatoms. The first-order valence-corrected chi connectivity index (χ1v) is 30.1. The van der Waals surface area contributed by atoms with Gasteiger partial charge in [-0.25, -0.2) is 16.8 Å². The van der Waals surface area contributed by atoms with Crippen LogP contribution in [0.2, 0.25) is 0 Å². The van der Waals surface area contributed by atoms with E-state index in [0.29, 0.717) is 11.4 Å². The molecule has 2 aliphatic heterocycles. The number of rotatable bonds is 40. The van der Waals surface area contributed by atoms with Gasteiger partial charge in [-0.1, -0.05) is 232 Å². The van der Waals surface area contributed by atoms with Crippen molar-refractivity contribution in [3.63, 3.8) is 0 Å². The maximum absolute atomic E-state index is 11.2. The number of benzene rings is 2. The molecule has 2 heterocycles. The molecule has 0 amide bonds. The van der Waals surface area contributed by atoms with Gasteiger partial charge in [0.25, 0.3) is 0 Å². The van der Waals surface area contributed by atoms with Crippen LogP contribution in [-0.4, -0.2) is 76.0 Å². The fraction of sp³-hybridized carbons (Fsp3) is 0.778. The average Bonchev–Trinajstić information content (AvgIpc) is 3.91. The topological polar surface area (TPSA) is 163 Å². The van der Waals surface area contributed by atoms with E-state index in [1.54, 1.807) is 12.1 Å². The smallest absolute Gasteiger partial charge is 0.744 e. The number of fused-ring (bicyclic) bond motifs is 2. The molecule has 0 bridgehead atoms. The van der Waals surface area contributed by atoms with Gasteiger partial charge in [0.15, 0.2) is 0 Å². The number of unbranched alkanes of at least 4 members (excludes halogenated alkanes) is 34. The van der Waals surface area contributed by atoms with Crippen LogP contribution < -0.4 is 21.3 Å². The fourth-order valence-corrected chi connectivity index (χ4v) is 10.5. The van der Waals surface area contributed by atoms with E-state index >= 15 is 0 Å². The Hall–Kier alpha value is -1.28. The minimum atomic E-state index is -4.41. The Bertz CT molecular complexity index is 1640. The summed E-state index contributed by atoms with van der Waals surface area (Å²) in [5.41, 5.74) is 3.16. The summed E-state index contributed by atoms with van der Waals surface area (Å²) in [7, 11) is -8.81. The van der Waals surface area contributed by atoms with Crippen LogP contribution in [0.5, 0.6) is 0 Å². The van der Waals surface area contributed by atoms with Gasteiger partial charge in [0.1, 0.15) is 20.2 Å². The van der Waals surface area contributed by atoms with Gasteiger partial charge in [-0.2, -0.15) is 0 Å². The zero-order chi connectivity index (χ0) is 47.6. The predicted molar refractivity (Wildman–Crippen MR) is 283 cm³/mol. The van der Waals surface area contributed by atoms with Crippen molar-refractivity contribution in [1.29, 1.82) is 0 Å². The first-order chi connectivity index (χ1) is 32.0. The molecular weight excluding hydrogens is 905 g/mol. The van der Waals surface area contributed by atoms with Crippen molar-refractivity contribution in [2.45, 2.75) is 280 Å². The zero-order valence-electron chi connectivity index (χ0n) is 42.5. The summed E-state index contributed by atoms with van der Waals surface area (Å²) >= 11 is 0. The summed E-state index contributed by atoms with van der Waals surface area (Å²) in [5.74, 6) is 0. The van der Waals surface area contributed by atoms with Crippen LogP contribution >= 0.6 is 0 Å². The Balaban J connectivity index is 0.000000453. The molecule has 67 heavy (non-hydrogen) atoms. The molecule has 380 valence electrons. The van der Waals surface area contributed by atoms with Crippen molar-refractivity contribution in [2.24, 2.45) is 0 Å². The van der Waals surface area contributed by atoms with Gasteiger partial charge in [0.2, 0.25) is 0 Å². The van der Waals surface area contributed by atoms with Gasteiger partial charge in [0.05, 0.1) is 44.9 Å². The van der Waals surface area contributed by atoms with Gasteiger partial charge in [-0.15, -0.1) is 0 Å². The van der Waals surface area contributed by atoms with E-state index < -0.39 is 20.2 Å². The van der Waals surface area contributed by atoms with Crippen molar-refractivity contribution in [3.05, 3.63) is 36.4 Å². The maximum atomic E-state index is 11.2. The molecule has 10 nitrogen and oxygen atoms in total. The average molecular weight is 1000 g/mol. The van der Waals surface area contributed by atoms with Crippen LogP contribution in [0.25, 0.3) is 0 Å². The van der Waals surface area contributed by atoms with Crippen LogP contribution in [0.3, 0.4) is 0 Å². The maximum Gasteiger partial charge on any atom is 2.00 e. The minimum absolute atomic E-state index is 0. The first kappa shape index (κ1) is 61.8. The van der Waals surface area contributed by atoms with Crippen molar-refractivity contribution in [2.75, 3.05) is 21.3 Å². The summed E-state index contributed by atoms with van der Waals surface area (Å²) in [6.07, 6.45) is 51.7. The van der Waals surface area contributed by atoms with Crippen LogP contribution in [0.15, 0.2) is 46.2 Å². The molecule has 4 N–H and O–H groups in total. The molecule has 0 saturated heterocycles. The predicted octanol–water partition coefficient (Wildman–Crippen LogP) is 16.0. The monoisotopic (exact) mass is 999 g/mol. The van der Waals surface area contributed by atoms with E-state index in [4.69, 9.17) is 0 Å². The first-order valence-electron chi connectivity index (χ1n) is 27.3. The van der Waals surface area contributed by atoms with Crippen molar-refractivity contribution >= 4 is 80.7 Å². The molecule has 0 aliphatic carbocycles. The Kier molecular flexibility index (Phi) is 35.4. The summed E-state index contributed by atoms with van der Waals surface area (Å²) in [4.78, 5) is -0.353. The standard InChI is InChI=1S/2C27H48N2O3S.Ca/c2*1-2-3-4-5-6-7-8-9-10-11-12-13-14-15-16-17-18-19-20-27-28-25-22-21-24(33(30,31)32)23-26(25)29-27;/h2*21-23,27-29H,2-20H2,1H3,(H,30,31,32);/q;;+2/p-2. The summed E-state index contributed by atoms with van der Waals surface area (Å²) in [5, 5.41) is 13.3. The second-order valence-corrected chi connectivity index (χ2v) is 22.4. The molecule has 0 saturated carbocycles. The normalized spacial score (nSPS) is 15.0. The van der Waals surface area contributed by atoms with Crippen LogP contribution in [-0.2, 0) is 20.2 Å². The van der Waals surface area contributed by atoms with Gasteiger partial charge in [-0.3, -0.25) is 0 Å². The Morgan fingerprint density at radius 1 is 0.343 bits per heavy atom. The van der Waals surface area contributed by atoms with Crippen LogP contribution in [0, 0.1) is 0 Å². The van der Waals surface area contributed by atoms with Crippen LogP contribution in [0.1, 0.15) is 258 Å². The zero-order valence-corrected chi connectivity index (χ0v) is 46.3. The molecule has 2 aromatic carbocycles. The number of hydrogen-bond acceptors (Lipinski definition) is 10. The van der Waals surface area contributed by atoms with Gasteiger partial charge >= 0.3 is 37.7 Å². The molecule has 2 aliphatic rings. The van der Waals surface area contributed by atoms with E-state index in [0.717, 1.165) is 37.1 Å². The van der Waals surface area contributed by atoms with Crippen LogP contribution in [0.4, 0.5) is 22.7 Å². The number of anilines is 4. The van der Waals surface area contributed by atoms with Crippen molar-refractivity contribution < 1.29 is 25.9 Å². The SMILES string of the molecule is CCCCCCCCCCCCCCCCCCCCC1Nc2ccc(S(=O)(=O)[O-])cc2N1.CCCCCCCCCCCCCCCCCCCCC1Nc2ccc(S(=O)(=O)[O-])cc2N1.[Ca+2]. The third-order valence-electron chi connectivity index (χ3n) is 13.6. The summed E-state index contributed by atoms with van der Waals surface area (Å²) in [6, 6.07) is 8.94. The van der Waals surface area contributed by atoms with E-state index in [-0.39, 0.29) is 59.9 Å². The second kappa shape index (κ2) is 38.4. The molecule has 2 unspecified atom stereocenters. The summed E-state index contributed by atoms with van der Waals surface area (Å²) < 4.78 is 67.0. The number of hydrogen-bond donors (Lipinski definition) is 4. The third-order valence-corrected chi connectivity index (χ3v) is 15.2. The molecule has 0 radical (unpaired) electrons. The van der Waals surface area contributed by atoms with Gasteiger partial charge in [0, 0.05) is 0 Å². The molecule has 2 atom stereocenters. The molecule has 4 rings (SSSR count). The quantitative estimate of drug-likeness (QED) is 0.0287. The van der Waals surface area contributed by atoms with E-state index in [1.807, 2.05) is 0 Å². The molecule has 0 fully saturated rings. The minimum Gasteiger partial charge on any atom is -0.744 e. The van der Waals surface area contributed by atoms with E-state index in [9.17, 15) is 25.9 Å². The molecule has 0 spiro atoms.